The van der Waals surface area contributed by atoms with Gasteiger partial charge in [-0.2, -0.15) is 5.10 Å². The smallest absolute Gasteiger partial charge is 0.153 e. The van der Waals surface area contributed by atoms with Gasteiger partial charge >= 0.3 is 0 Å². The van der Waals surface area contributed by atoms with Crippen molar-refractivity contribution in [3.63, 3.8) is 0 Å². The van der Waals surface area contributed by atoms with Crippen LogP contribution in [0.15, 0.2) is 12.1 Å². The SMILES string of the molecule is COc1cc(CC(C)C)cc2c(N)n[nH]c12. The van der Waals surface area contributed by atoms with Crippen molar-refractivity contribution in [3.05, 3.63) is 17.7 Å². The molecule has 2 rings (SSSR count). The molecular formula is C12H17N3O. The fourth-order valence-electron chi connectivity index (χ4n) is 1.92. The fraction of sp³-hybridized carbons (Fsp3) is 0.417. The Morgan fingerprint density at radius 1 is 1.44 bits per heavy atom. The van der Waals surface area contributed by atoms with E-state index in [9.17, 15) is 0 Å². The number of nitrogen functional groups attached to an aromatic ring is 1. The third-order valence-corrected chi connectivity index (χ3v) is 2.59. The lowest BCUT2D eigenvalue weighted by Gasteiger charge is -2.08. The molecule has 4 heteroatoms. The van der Waals surface area contributed by atoms with Gasteiger partial charge in [0.15, 0.2) is 5.82 Å². The first kappa shape index (κ1) is 10.8. The van der Waals surface area contributed by atoms with E-state index in [2.05, 4.69) is 30.1 Å². The Morgan fingerprint density at radius 3 is 2.81 bits per heavy atom. The molecule has 16 heavy (non-hydrogen) atoms. The Morgan fingerprint density at radius 2 is 2.19 bits per heavy atom. The number of nitrogens with one attached hydrogen (secondary N) is 1. The van der Waals surface area contributed by atoms with Crippen LogP contribution in [0.3, 0.4) is 0 Å². The molecule has 0 aliphatic heterocycles. The van der Waals surface area contributed by atoms with Crippen molar-refractivity contribution in [1.82, 2.24) is 10.2 Å². The molecule has 1 aromatic carbocycles. The maximum Gasteiger partial charge on any atom is 0.153 e. The molecule has 0 unspecified atom stereocenters. The lowest BCUT2D eigenvalue weighted by molar-refractivity contribution is 0.418. The lowest BCUT2D eigenvalue weighted by atomic mass is 10.0. The predicted octanol–water partition coefficient (Wildman–Crippen LogP) is 2.35. The van der Waals surface area contributed by atoms with Crippen molar-refractivity contribution >= 4 is 16.7 Å². The minimum Gasteiger partial charge on any atom is -0.494 e. The second-order valence-corrected chi connectivity index (χ2v) is 4.43. The van der Waals surface area contributed by atoms with Crippen LogP contribution in [0.4, 0.5) is 5.82 Å². The summed E-state index contributed by atoms with van der Waals surface area (Å²) in [7, 11) is 1.66. The molecule has 0 fully saturated rings. The van der Waals surface area contributed by atoms with E-state index >= 15 is 0 Å². The Labute approximate surface area is 94.8 Å². The number of hydrogen-bond donors (Lipinski definition) is 2. The Balaban J connectivity index is 2.56. The summed E-state index contributed by atoms with van der Waals surface area (Å²) >= 11 is 0. The van der Waals surface area contributed by atoms with Gasteiger partial charge in [-0.3, -0.25) is 5.10 Å². The van der Waals surface area contributed by atoms with Gasteiger partial charge in [-0.05, 0) is 30.0 Å². The molecule has 86 valence electrons. The van der Waals surface area contributed by atoms with Crippen LogP contribution in [-0.2, 0) is 6.42 Å². The Hall–Kier alpha value is -1.71. The number of nitrogens with two attached hydrogens (primary N) is 1. The van der Waals surface area contributed by atoms with Gasteiger partial charge < -0.3 is 10.5 Å². The standard InChI is InChI=1S/C12H17N3O/c1-7(2)4-8-5-9-11(10(6-8)16-3)14-15-12(9)13/h5-7H,4H2,1-3H3,(H3,13,14,15). The molecule has 0 saturated heterocycles. The average Bonchev–Trinajstić information content (AvgIpc) is 2.59. The number of aromatic amines is 1. The average molecular weight is 219 g/mol. The number of hydrogen-bond acceptors (Lipinski definition) is 3. The number of rotatable bonds is 3. The summed E-state index contributed by atoms with van der Waals surface area (Å²) < 4.78 is 5.34. The first-order valence-corrected chi connectivity index (χ1v) is 5.42. The minimum absolute atomic E-state index is 0.527. The second-order valence-electron chi connectivity index (χ2n) is 4.43. The molecular weight excluding hydrogens is 202 g/mol. The van der Waals surface area contributed by atoms with Crippen LogP contribution in [0.2, 0.25) is 0 Å². The maximum atomic E-state index is 5.80. The summed E-state index contributed by atoms with van der Waals surface area (Å²) in [5, 5.41) is 7.83. The van der Waals surface area contributed by atoms with E-state index in [4.69, 9.17) is 10.5 Å². The third-order valence-electron chi connectivity index (χ3n) is 2.59. The highest BCUT2D eigenvalue weighted by atomic mass is 16.5. The molecule has 0 amide bonds. The highest BCUT2D eigenvalue weighted by molar-refractivity contribution is 5.93. The zero-order chi connectivity index (χ0) is 11.7. The molecule has 3 N–H and O–H groups in total. The second kappa shape index (κ2) is 4.04. The van der Waals surface area contributed by atoms with E-state index in [1.165, 1.54) is 5.56 Å². The van der Waals surface area contributed by atoms with Gasteiger partial charge in [-0.25, -0.2) is 0 Å². The number of methoxy groups -OCH3 is 1. The van der Waals surface area contributed by atoms with E-state index in [-0.39, 0.29) is 0 Å². The summed E-state index contributed by atoms with van der Waals surface area (Å²) in [6, 6.07) is 4.12. The molecule has 4 nitrogen and oxygen atoms in total. The molecule has 1 heterocycles. The van der Waals surface area contributed by atoms with E-state index in [1.807, 2.05) is 6.07 Å². The normalized spacial score (nSPS) is 11.2. The summed E-state index contributed by atoms with van der Waals surface area (Å²) in [5.41, 5.74) is 7.90. The first-order valence-electron chi connectivity index (χ1n) is 5.42. The zero-order valence-electron chi connectivity index (χ0n) is 9.87. The molecule has 0 aliphatic carbocycles. The number of aromatic nitrogens is 2. The van der Waals surface area contributed by atoms with E-state index in [0.717, 1.165) is 23.1 Å². The topological polar surface area (TPSA) is 63.9 Å². The van der Waals surface area contributed by atoms with Crippen molar-refractivity contribution in [2.75, 3.05) is 12.8 Å². The monoisotopic (exact) mass is 219 g/mol. The molecule has 0 atom stereocenters. The van der Waals surface area contributed by atoms with Crippen LogP contribution in [0.1, 0.15) is 19.4 Å². The van der Waals surface area contributed by atoms with Crippen LogP contribution in [-0.4, -0.2) is 17.3 Å². The van der Waals surface area contributed by atoms with Crippen molar-refractivity contribution in [2.45, 2.75) is 20.3 Å². The third kappa shape index (κ3) is 1.83. The quantitative estimate of drug-likeness (QED) is 0.832. The summed E-state index contributed by atoms with van der Waals surface area (Å²) in [5.74, 6) is 1.94. The minimum atomic E-state index is 0.527. The number of ether oxygens (including phenoxy) is 1. The van der Waals surface area contributed by atoms with Gasteiger partial charge in [-0.15, -0.1) is 0 Å². The van der Waals surface area contributed by atoms with Gasteiger partial charge in [0, 0.05) is 5.39 Å². The van der Waals surface area contributed by atoms with Crippen molar-refractivity contribution < 1.29 is 4.74 Å². The number of benzene rings is 1. The number of nitrogens with zero attached hydrogens (tertiary/aromatic N) is 1. The van der Waals surface area contributed by atoms with Gasteiger partial charge in [0.25, 0.3) is 0 Å². The number of fused-ring (bicyclic) bond motifs is 1. The summed E-state index contributed by atoms with van der Waals surface area (Å²) in [4.78, 5) is 0. The van der Waals surface area contributed by atoms with Crippen LogP contribution < -0.4 is 10.5 Å². The molecule has 0 bridgehead atoms. The van der Waals surface area contributed by atoms with Crippen molar-refractivity contribution in [3.8, 4) is 5.75 Å². The van der Waals surface area contributed by atoms with Crippen LogP contribution >= 0.6 is 0 Å². The summed E-state index contributed by atoms with van der Waals surface area (Å²) in [6.07, 6.45) is 1.01. The molecule has 0 saturated carbocycles. The van der Waals surface area contributed by atoms with Gasteiger partial charge in [0.1, 0.15) is 11.3 Å². The highest BCUT2D eigenvalue weighted by Gasteiger charge is 2.10. The predicted molar refractivity (Wildman–Crippen MR) is 65.6 cm³/mol. The van der Waals surface area contributed by atoms with Gasteiger partial charge in [0.2, 0.25) is 0 Å². The van der Waals surface area contributed by atoms with E-state index < -0.39 is 0 Å². The molecule has 2 aromatic rings. The zero-order valence-corrected chi connectivity index (χ0v) is 9.87. The van der Waals surface area contributed by atoms with Crippen molar-refractivity contribution in [2.24, 2.45) is 5.92 Å². The van der Waals surface area contributed by atoms with Crippen LogP contribution in [0.25, 0.3) is 10.9 Å². The highest BCUT2D eigenvalue weighted by Crippen LogP contribution is 2.29. The van der Waals surface area contributed by atoms with Gasteiger partial charge in [-0.1, -0.05) is 13.8 Å². The Kier molecular flexibility index (Phi) is 2.73. The lowest BCUT2D eigenvalue weighted by Crippen LogP contribution is -1.96. The van der Waals surface area contributed by atoms with Crippen LogP contribution in [0.5, 0.6) is 5.75 Å². The van der Waals surface area contributed by atoms with Crippen molar-refractivity contribution in [1.29, 1.82) is 0 Å². The molecule has 0 spiro atoms. The molecule has 0 aliphatic rings. The summed E-state index contributed by atoms with van der Waals surface area (Å²) in [6.45, 7) is 4.38. The first-order chi connectivity index (χ1) is 7.61. The number of H-pyrrole nitrogens is 1. The Bertz CT molecular complexity index is 502. The van der Waals surface area contributed by atoms with E-state index in [1.54, 1.807) is 7.11 Å². The van der Waals surface area contributed by atoms with E-state index in [0.29, 0.717) is 11.7 Å². The largest absolute Gasteiger partial charge is 0.494 e. The fourth-order valence-corrected chi connectivity index (χ4v) is 1.92. The molecule has 0 radical (unpaired) electrons. The maximum absolute atomic E-state index is 5.80. The van der Waals surface area contributed by atoms with Gasteiger partial charge in [0.05, 0.1) is 7.11 Å². The molecule has 1 aromatic heterocycles. The number of anilines is 1. The van der Waals surface area contributed by atoms with Crippen LogP contribution in [0, 0.1) is 5.92 Å².